The number of unbranched alkanes of at least 4 members (excludes halogenated alkanes) is 1. The van der Waals surface area contributed by atoms with Crippen molar-refractivity contribution >= 4 is 16.2 Å². The molecular weight excluding hydrogens is 189 g/mol. The zero-order valence-electron chi connectivity index (χ0n) is 6.23. The molecule has 0 radical (unpaired) electrons. The second kappa shape index (κ2) is 3.67. The van der Waals surface area contributed by atoms with Gasteiger partial charge in [0.15, 0.2) is 0 Å². The van der Waals surface area contributed by atoms with Gasteiger partial charge in [-0.2, -0.15) is 8.42 Å². The molecule has 1 unspecified atom stereocenters. The Kier molecular flexibility index (Phi) is 3.70. The Morgan fingerprint density at radius 1 is 1.55 bits per heavy atom. The number of rotatable bonds is 4. The van der Waals surface area contributed by atoms with Gasteiger partial charge in [-0.1, -0.05) is 13.3 Å². The van der Waals surface area contributed by atoms with Crippen molar-refractivity contribution < 1.29 is 17.5 Å². The van der Waals surface area contributed by atoms with Gasteiger partial charge in [0.2, 0.25) is 0 Å². The molecule has 5 nitrogen and oxygen atoms in total. The minimum Gasteiger partial charge on any atom is -0.287 e. The molecule has 0 aromatic heterocycles. The Morgan fingerprint density at radius 2 is 2.00 bits per heavy atom. The summed E-state index contributed by atoms with van der Waals surface area (Å²) in [7, 11) is -4.54. The van der Waals surface area contributed by atoms with E-state index in [2.05, 4.69) is 0 Å². The van der Waals surface area contributed by atoms with E-state index in [-0.39, 0.29) is 6.16 Å². The zero-order valence-corrected chi connectivity index (χ0v) is 7.94. The van der Waals surface area contributed by atoms with Crippen molar-refractivity contribution in [2.45, 2.75) is 19.8 Å². The normalized spacial score (nSPS) is 17.7. The van der Waals surface area contributed by atoms with Gasteiger partial charge in [-0.05, 0) is 6.42 Å². The Morgan fingerprint density at radius 3 is 2.27 bits per heavy atom. The summed E-state index contributed by atoms with van der Waals surface area (Å²) in [6, 6.07) is 0. The van der Waals surface area contributed by atoms with E-state index in [1.54, 1.807) is 0 Å². The first kappa shape index (κ1) is 11.1. The summed E-state index contributed by atoms with van der Waals surface area (Å²) in [5.74, 6) is 0. The molecule has 0 rings (SSSR count). The van der Waals surface area contributed by atoms with Crippen LogP contribution in [0.15, 0.2) is 0 Å². The fraction of sp³-hybridized carbons (Fsp3) is 1.00. The monoisotopic (exact) mass is 201 g/mol. The molecule has 11 heavy (non-hydrogen) atoms. The van der Waals surface area contributed by atoms with Crippen LogP contribution in [0.5, 0.6) is 0 Å². The van der Waals surface area contributed by atoms with Gasteiger partial charge in [0, 0.05) is 6.16 Å². The molecule has 0 spiro atoms. The van der Waals surface area contributed by atoms with E-state index < -0.39 is 16.2 Å². The summed E-state index contributed by atoms with van der Waals surface area (Å²) in [6.07, 6.45) is 0.979. The van der Waals surface area contributed by atoms with Crippen molar-refractivity contribution in [3.63, 3.8) is 0 Å². The summed E-state index contributed by atoms with van der Waals surface area (Å²) in [4.78, 5) is 0. The molecule has 0 saturated carbocycles. The van der Waals surface area contributed by atoms with Gasteiger partial charge < -0.3 is 0 Å². The van der Waals surface area contributed by atoms with Crippen molar-refractivity contribution in [2.75, 3.05) is 6.16 Å². The first-order valence-corrected chi connectivity index (χ1v) is 7.17. The van der Waals surface area contributed by atoms with Crippen molar-refractivity contribution in [1.29, 1.82) is 0 Å². The molecule has 0 aromatic carbocycles. The Hall–Kier alpha value is 0.100. The van der Waals surface area contributed by atoms with E-state index in [9.17, 15) is 13.0 Å². The van der Waals surface area contributed by atoms with Crippen LogP contribution in [0.4, 0.5) is 0 Å². The fourth-order valence-corrected chi connectivity index (χ4v) is 2.56. The lowest BCUT2D eigenvalue weighted by Crippen LogP contribution is -2.10. The largest absolute Gasteiger partial charge is 0.329 e. The van der Waals surface area contributed by atoms with Gasteiger partial charge in [0.1, 0.15) is 0 Å². The van der Waals surface area contributed by atoms with Crippen molar-refractivity contribution in [1.82, 2.24) is 0 Å². The predicted molar refractivity (Wildman–Crippen MR) is 43.1 cm³/mol. The van der Waals surface area contributed by atoms with Gasteiger partial charge in [0.25, 0.3) is 6.49 Å². The average Bonchev–Trinajstić information content (AvgIpc) is 1.81. The van der Waals surface area contributed by atoms with E-state index in [4.69, 9.17) is 10.1 Å². The molecule has 7 heteroatoms. The summed E-state index contributed by atoms with van der Waals surface area (Å²) >= 11 is 0. The molecular formula is C4H12NO4PS. The molecule has 1 atom stereocenters. The molecule has 0 aliphatic heterocycles. The summed E-state index contributed by atoms with van der Waals surface area (Å²) in [6.45, 7) is -2.06. The summed E-state index contributed by atoms with van der Waals surface area (Å²) < 4.78 is 39.9. The second-order valence-electron chi connectivity index (χ2n) is 2.25. The third-order valence-electron chi connectivity index (χ3n) is 1.21. The summed E-state index contributed by atoms with van der Waals surface area (Å²) in [5.41, 5.74) is 4.90. The van der Waals surface area contributed by atoms with Crippen LogP contribution in [0.2, 0.25) is 0 Å². The smallest absolute Gasteiger partial charge is 0.287 e. The molecule has 3 N–H and O–H groups in total. The van der Waals surface area contributed by atoms with Crippen molar-refractivity contribution in [3.05, 3.63) is 0 Å². The van der Waals surface area contributed by atoms with Crippen LogP contribution in [-0.2, 0) is 14.3 Å². The standard InChI is InChI=1S/C4H12NO4PS/c1-2-3-4-10(5,6)11(7,8)9/h2-4H2,1H3,(H2,5,6)(H,7,8,9). The Labute approximate surface area is 65.9 Å². The van der Waals surface area contributed by atoms with Gasteiger partial charge in [-0.25, -0.2) is 0 Å². The average molecular weight is 201 g/mol. The van der Waals surface area contributed by atoms with E-state index in [0.29, 0.717) is 12.8 Å². The van der Waals surface area contributed by atoms with E-state index >= 15 is 0 Å². The van der Waals surface area contributed by atoms with Crippen LogP contribution in [0.1, 0.15) is 19.8 Å². The fourth-order valence-electron chi connectivity index (χ4n) is 0.494. The molecule has 0 aliphatic rings. The highest BCUT2D eigenvalue weighted by atomic mass is 32.8. The highest BCUT2D eigenvalue weighted by Crippen LogP contribution is 2.43. The SMILES string of the molecule is CCCCP(N)(=O)S(=O)(=O)O. The van der Waals surface area contributed by atoms with Crippen molar-refractivity contribution in [3.8, 4) is 0 Å². The number of nitrogens with two attached hydrogens (primary N) is 1. The quantitative estimate of drug-likeness (QED) is 0.518. The lowest BCUT2D eigenvalue weighted by molar-refractivity contribution is 0.492. The third-order valence-corrected chi connectivity index (χ3v) is 5.83. The molecule has 0 amide bonds. The first-order chi connectivity index (χ1) is 4.81. The predicted octanol–water partition coefficient (Wildman–Crippen LogP) is 0.826. The highest BCUT2D eigenvalue weighted by molar-refractivity contribution is 8.49. The van der Waals surface area contributed by atoms with E-state index in [0.717, 1.165) is 0 Å². The molecule has 0 bridgehead atoms. The molecule has 0 heterocycles. The van der Waals surface area contributed by atoms with Crippen LogP contribution in [0.3, 0.4) is 0 Å². The van der Waals surface area contributed by atoms with Crippen LogP contribution < -0.4 is 5.50 Å². The number of hydrogen-bond acceptors (Lipinski definition) is 3. The maximum atomic E-state index is 10.9. The maximum Gasteiger partial charge on any atom is 0.329 e. The highest BCUT2D eigenvalue weighted by Gasteiger charge is 2.30. The zero-order chi connectivity index (χ0) is 9.12. The van der Waals surface area contributed by atoms with Crippen molar-refractivity contribution in [2.24, 2.45) is 5.50 Å². The third kappa shape index (κ3) is 3.33. The van der Waals surface area contributed by atoms with Gasteiger partial charge in [-0.15, -0.1) is 0 Å². The van der Waals surface area contributed by atoms with E-state index in [1.165, 1.54) is 0 Å². The Balaban J connectivity index is 4.38. The minimum atomic E-state index is -4.54. The molecule has 0 saturated heterocycles. The van der Waals surface area contributed by atoms with Gasteiger partial charge >= 0.3 is 9.74 Å². The van der Waals surface area contributed by atoms with Crippen LogP contribution in [-0.4, -0.2) is 19.1 Å². The molecule has 0 aliphatic carbocycles. The number of hydrogen-bond donors (Lipinski definition) is 2. The van der Waals surface area contributed by atoms with Crippen LogP contribution in [0, 0.1) is 0 Å². The van der Waals surface area contributed by atoms with Crippen LogP contribution >= 0.6 is 6.49 Å². The second-order valence-corrected chi connectivity index (χ2v) is 8.28. The Bertz CT molecular complexity index is 259. The lowest BCUT2D eigenvalue weighted by Gasteiger charge is -2.06. The van der Waals surface area contributed by atoms with Gasteiger partial charge in [-0.3, -0.25) is 14.6 Å². The molecule has 0 fully saturated rings. The maximum absolute atomic E-state index is 10.9. The summed E-state index contributed by atoms with van der Waals surface area (Å²) in [5, 5.41) is 0. The lowest BCUT2D eigenvalue weighted by atomic mass is 10.4. The topological polar surface area (TPSA) is 97.5 Å². The van der Waals surface area contributed by atoms with E-state index in [1.807, 2.05) is 6.92 Å². The molecule has 0 aromatic rings. The molecule has 68 valence electrons. The van der Waals surface area contributed by atoms with Crippen LogP contribution in [0.25, 0.3) is 0 Å². The first-order valence-electron chi connectivity index (χ1n) is 3.16. The minimum absolute atomic E-state index is 0.150. The van der Waals surface area contributed by atoms with Gasteiger partial charge in [0.05, 0.1) is 0 Å².